The first-order valence-electron chi connectivity index (χ1n) is 11.5. The summed E-state index contributed by atoms with van der Waals surface area (Å²) in [4.78, 5) is 16.3. The van der Waals surface area contributed by atoms with E-state index in [-0.39, 0.29) is 22.0 Å². The Balaban J connectivity index is 1.46. The van der Waals surface area contributed by atoms with Gasteiger partial charge in [0.05, 0.1) is 16.1 Å². The molecule has 0 spiro atoms. The number of anilines is 2. The van der Waals surface area contributed by atoms with Crippen molar-refractivity contribution in [2.45, 2.75) is 24.8 Å². The summed E-state index contributed by atoms with van der Waals surface area (Å²) in [6.07, 6.45) is 0.802. The van der Waals surface area contributed by atoms with Crippen molar-refractivity contribution in [3.05, 3.63) is 89.2 Å². The van der Waals surface area contributed by atoms with Crippen molar-refractivity contribution in [2.75, 3.05) is 35.8 Å². The first kappa shape index (κ1) is 24.7. The zero-order valence-electron chi connectivity index (χ0n) is 19.4. The number of nitrogens with zero attached hydrogens (tertiary/aromatic N) is 2. The minimum atomic E-state index is -3.85. The van der Waals surface area contributed by atoms with Crippen molar-refractivity contribution < 1.29 is 22.7 Å². The Morgan fingerprint density at radius 3 is 2.31 bits per heavy atom. The van der Waals surface area contributed by atoms with E-state index in [1.165, 1.54) is 30.3 Å². The summed E-state index contributed by atoms with van der Waals surface area (Å²) >= 11 is 0. The van der Waals surface area contributed by atoms with Gasteiger partial charge in [0.15, 0.2) is 0 Å². The Morgan fingerprint density at radius 1 is 0.971 bits per heavy atom. The maximum atomic E-state index is 13.5. The molecule has 7 nitrogen and oxygen atoms in total. The van der Waals surface area contributed by atoms with Gasteiger partial charge in [-0.3, -0.25) is 9.62 Å². The van der Waals surface area contributed by atoms with E-state index in [1.807, 2.05) is 17.9 Å². The lowest BCUT2D eigenvalue weighted by molar-refractivity contribution is 0.0697. The summed E-state index contributed by atoms with van der Waals surface area (Å²) in [5.74, 6) is -1.39. The summed E-state index contributed by atoms with van der Waals surface area (Å²) in [5.41, 5.74) is 2.68. The van der Waals surface area contributed by atoms with Gasteiger partial charge < -0.3 is 10.0 Å². The number of carboxylic acid groups (broad SMARTS) is 1. The minimum absolute atomic E-state index is 0.0325. The van der Waals surface area contributed by atoms with Gasteiger partial charge in [-0.25, -0.2) is 17.6 Å². The van der Waals surface area contributed by atoms with E-state index in [0.717, 1.165) is 17.5 Å². The van der Waals surface area contributed by atoms with Crippen LogP contribution in [0.1, 0.15) is 28.4 Å². The van der Waals surface area contributed by atoms with E-state index in [2.05, 4.69) is 9.62 Å². The van der Waals surface area contributed by atoms with Crippen LogP contribution in [0.3, 0.4) is 0 Å². The molecule has 0 bridgehead atoms. The van der Waals surface area contributed by atoms with Gasteiger partial charge in [-0.15, -0.1) is 0 Å². The predicted octanol–water partition coefficient (Wildman–Crippen LogP) is 4.21. The van der Waals surface area contributed by atoms with Crippen LogP contribution in [0.5, 0.6) is 0 Å². The number of rotatable bonds is 8. The second kappa shape index (κ2) is 10.5. The molecular weight excluding hydrogens is 469 g/mol. The number of aromatic carboxylic acids is 1. The zero-order valence-corrected chi connectivity index (χ0v) is 20.3. The highest BCUT2D eigenvalue weighted by Crippen LogP contribution is 2.27. The molecule has 1 saturated heterocycles. The fraction of sp³-hybridized carbons (Fsp3) is 0.269. The predicted molar refractivity (Wildman–Crippen MR) is 134 cm³/mol. The first-order chi connectivity index (χ1) is 16.7. The van der Waals surface area contributed by atoms with E-state index in [1.54, 1.807) is 30.3 Å². The molecule has 184 valence electrons. The molecule has 0 unspecified atom stereocenters. The molecule has 0 aliphatic carbocycles. The van der Waals surface area contributed by atoms with Crippen LogP contribution in [-0.4, -0.2) is 50.6 Å². The summed E-state index contributed by atoms with van der Waals surface area (Å²) in [6.45, 7) is 5.20. The quantitative estimate of drug-likeness (QED) is 0.485. The van der Waals surface area contributed by atoms with Gasteiger partial charge in [0, 0.05) is 38.4 Å². The molecule has 0 saturated carbocycles. The number of sulfonamides is 1. The summed E-state index contributed by atoms with van der Waals surface area (Å²) in [7, 11) is -3.85. The summed E-state index contributed by atoms with van der Waals surface area (Å²) in [5, 5.41) is 9.82. The Kier molecular flexibility index (Phi) is 7.37. The number of carboxylic acids is 1. The second-order valence-electron chi connectivity index (χ2n) is 8.53. The highest BCUT2D eigenvalue weighted by atomic mass is 32.2. The molecule has 4 rings (SSSR count). The molecule has 1 aliphatic heterocycles. The number of nitrogens with one attached hydrogen (secondary N) is 1. The lowest BCUT2D eigenvalue weighted by Crippen LogP contribution is -2.46. The highest BCUT2D eigenvalue weighted by Gasteiger charge is 2.23. The van der Waals surface area contributed by atoms with Crippen LogP contribution in [-0.2, 0) is 23.0 Å². The number of benzene rings is 3. The molecule has 0 radical (unpaired) electrons. The number of hydrogen-bond acceptors (Lipinski definition) is 5. The maximum absolute atomic E-state index is 13.5. The number of halogens is 1. The second-order valence-corrected chi connectivity index (χ2v) is 10.2. The summed E-state index contributed by atoms with van der Waals surface area (Å²) in [6, 6.07) is 17.7. The molecule has 1 fully saturated rings. The van der Waals surface area contributed by atoms with Crippen LogP contribution < -0.4 is 9.62 Å². The molecule has 35 heavy (non-hydrogen) atoms. The molecule has 3 aromatic carbocycles. The Hall–Kier alpha value is -3.43. The fourth-order valence-electron chi connectivity index (χ4n) is 4.21. The molecule has 0 amide bonds. The topological polar surface area (TPSA) is 90.0 Å². The van der Waals surface area contributed by atoms with Gasteiger partial charge >= 0.3 is 5.97 Å². The smallest absolute Gasteiger partial charge is 0.337 e. The van der Waals surface area contributed by atoms with Crippen molar-refractivity contribution in [3.63, 3.8) is 0 Å². The molecule has 9 heteroatoms. The molecule has 1 heterocycles. The summed E-state index contributed by atoms with van der Waals surface area (Å²) < 4.78 is 41.5. The van der Waals surface area contributed by atoms with E-state index in [0.29, 0.717) is 38.4 Å². The van der Waals surface area contributed by atoms with Crippen LogP contribution >= 0.6 is 0 Å². The van der Waals surface area contributed by atoms with Crippen molar-refractivity contribution in [2.24, 2.45) is 0 Å². The van der Waals surface area contributed by atoms with Gasteiger partial charge in [0.2, 0.25) is 0 Å². The van der Waals surface area contributed by atoms with E-state index >= 15 is 0 Å². The third-order valence-corrected chi connectivity index (χ3v) is 7.53. The van der Waals surface area contributed by atoms with E-state index < -0.39 is 16.0 Å². The molecule has 3 aromatic rings. The lowest BCUT2D eigenvalue weighted by Gasteiger charge is -2.36. The van der Waals surface area contributed by atoms with Crippen molar-refractivity contribution in [3.8, 4) is 0 Å². The Bertz CT molecular complexity index is 1300. The number of hydrogen-bond donors (Lipinski definition) is 2. The molecular formula is C26H28FN3O4S. The number of carbonyl (C=O) groups is 1. The SMILES string of the molecule is CCc1ccc(S(=O)(=O)Nc2ccc(N3CCN(Cc4cccc(F)c4)CC3)c(C(=O)O)c2)cc1. The lowest BCUT2D eigenvalue weighted by atomic mass is 10.1. The first-order valence-corrected chi connectivity index (χ1v) is 12.9. The molecule has 2 N–H and O–H groups in total. The van der Waals surface area contributed by atoms with Crippen molar-refractivity contribution in [1.29, 1.82) is 0 Å². The number of aryl methyl sites for hydroxylation is 1. The van der Waals surface area contributed by atoms with Gasteiger partial charge in [-0.1, -0.05) is 31.2 Å². The van der Waals surface area contributed by atoms with Gasteiger partial charge in [0.25, 0.3) is 10.0 Å². The van der Waals surface area contributed by atoms with Crippen LogP contribution in [0.25, 0.3) is 0 Å². The van der Waals surface area contributed by atoms with Crippen LogP contribution in [0.2, 0.25) is 0 Å². The maximum Gasteiger partial charge on any atom is 0.337 e. The molecule has 0 aromatic heterocycles. The van der Waals surface area contributed by atoms with E-state index in [4.69, 9.17) is 0 Å². The molecule has 0 atom stereocenters. The Labute approximate surface area is 204 Å². The number of piperazine rings is 1. The van der Waals surface area contributed by atoms with Gasteiger partial charge in [-0.05, 0) is 60.0 Å². The van der Waals surface area contributed by atoms with Gasteiger partial charge in [0.1, 0.15) is 5.82 Å². The Morgan fingerprint density at radius 2 is 1.69 bits per heavy atom. The third kappa shape index (κ3) is 5.98. The van der Waals surface area contributed by atoms with Crippen LogP contribution in [0.4, 0.5) is 15.8 Å². The monoisotopic (exact) mass is 497 g/mol. The van der Waals surface area contributed by atoms with Crippen LogP contribution in [0, 0.1) is 5.82 Å². The van der Waals surface area contributed by atoms with E-state index in [9.17, 15) is 22.7 Å². The van der Waals surface area contributed by atoms with Crippen molar-refractivity contribution in [1.82, 2.24) is 4.90 Å². The van der Waals surface area contributed by atoms with Crippen LogP contribution in [0.15, 0.2) is 71.6 Å². The average molecular weight is 498 g/mol. The normalized spacial score (nSPS) is 14.6. The third-order valence-electron chi connectivity index (χ3n) is 6.13. The standard InChI is InChI=1S/C26H28FN3O4S/c1-2-19-6-9-23(10-7-19)35(33,34)28-22-8-11-25(24(17-22)26(31)32)30-14-12-29(13-15-30)18-20-4-3-5-21(27)16-20/h3-11,16-17,28H,2,12-15,18H2,1H3,(H,31,32). The zero-order chi connectivity index (χ0) is 25.0. The van der Waals surface area contributed by atoms with Crippen molar-refractivity contribution >= 4 is 27.4 Å². The highest BCUT2D eigenvalue weighted by molar-refractivity contribution is 7.92. The largest absolute Gasteiger partial charge is 0.478 e. The molecule has 1 aliphatic rings. The van der Waals surface area contributed by atoms with Gasteiger partial charge in [-0.2, -0.15) is 0 Å². The minimum Gasteiger partial charge on any atom is -0.478 e. The fourth-order valence-corrected chi connectivity index (χ4v) is 5.25. The average Bonchev–Trinajstić information content (AvgIpc) is 2.84.